The Hall–Kier alpha value is -1.87. The average molecular weight is 371 g/mol. The SMILES string of the molecule is CC(C)[C@H](Nc1ccc(S(C)(=O)=O)cc1S(C)(=O)=O)c1ncc[nH]1. The topological polar surface area (TPSA) is 109 Å². The highest BCUT2D eigenvalue weighted by atomic mass is 32.2. The van der Waals surface area contributed by atoms with Crippen LogP contribution in [-0.4, -0.2) is 39.3 Å². The van der Waals surface area contributed by atoms with Crippen LogP contribution in [0.15, 0.2) is 40.4 Å². The van der Waals surface area contributed by atoms with E-state index in [1.807, 2.05) is 13.8 Å². The van der Waals surface area contributed by atoms with Gasteiger partial charge >= 0.3 is 0 Å². The summed E-state index contributed by atoms with van der Waals surface area (Å²) in [6.45, 7) is 3.95. The number of sulfone groups is 2. The first-order valence-electron chi connectivity index (χ1n) is 7.30. The van der Waals surface area contributed by atoms with Crippen LogP contribution in [0.4, 0.5) is 5.69 Å². The zero-order valence-corrected chi connectivity index (χ0v) is 15.6. The van der Waals surface area contributed by atoms with Crippen LogP contribution in [0.25, 0.3) is 0 Å². The number of anilines is 1. The average Bonchev–Trinajstić information content (AvgIpc) is 2.96. The van der Waals surface area contributed by atoms with Gasteiger partial charge in [-0.05, 0) is 24.1 Å². The van der Waals surface area contributed by atoms with Crippen molar-refractivity contribution >= 4 is 25.4 Å². The van der Waals surface area contributed by atoms with Crippen LogP contribution in [-0.2, 0) is 19.7 Å². The van der Waals surface area contributed by atoms with Crippen molar-refractivity contribution in [3.63, 3.8) is 0 Å². The Balaban J connectivity index is 2.53. The van der Waals surface area contributed by atoms with E-state index in [1.165, 1.54) is 18.2 Å². The summed E-state index contributed by atoms with van der Waals surface area (Å²) in [6.07, 6.45) is 5.41. The Morgan fingerprint density at radius 1 is 1.08 bits per heavy atom. The van der Waals surface area contributed by atoms with Crippen LogP contribution in [0.2, 0.25) is 0 Å². The molecule has 0 amide bonds. The van der Waals surface area contributed by atoms with Crippen LogP contribution in [0.3, 0.4) is 0 Å². The van der Waals surface area contributed by atoms with Crippen molar-refractivity contribution in [3.8, 4) is 0 Å². The number of hydrogen-bond donors (Lipinski definition) is 2. The highest BCUT2D eigenvalue weighted by Gasteiger charge is 2.23. The van der Waals surface area contributed by atoms with E-state index < -0.39 is 19.7 Å². The third-order valence-electron chi connectivity index (χ3n) is 3.57. The monoisotopic (exact) mass is 371 g/mol. The molecule has 2 aromatic rings. The van der Waals surface area contributed by atoms with Gasteiger partial charge < -0.3 is 10.3 Å². The summed E-state index contributed by atoms with van der Waals surface area (Å²) in [5.41, 5.74) is 0.347. The molecule has 1 heterocycles. The Morgan fingerprint density at radius 3 is 2.21 bits per heavy atom. The molecular weight excluding hydrogens is 350 g/mol. The maximum atomic E-state index is 12.1. The van der Waals surface area contributed by atoms with E-state index in [1.54, 1.807) is 12.4 Å². The number of hydrogen-bond acceptors (Lipinski definition) is 6. The van der Waals surface area contributed by atoms with Crippen molar-refractivity contribution in [2.24, 2.45) is 5.92 Å². The maximum Gasteiger partial charge on any atom is 0.177 e. The smallest absolute Gasteiger partial charge is 0.177 e. The second kappa shape index (κ2) is 6.56. The molecule has 0 unspecified atom stereocenters. The quantitative estimate of drug-likeness (QED) is 0.804. The number of rotatable bonds is 6. The van der Waals surface area contributed by atoms with Crippen LogP contribution in [0, 0.1) is 5.92 Å². The van der Waals surface area contributed by atoms with Gasteiger partial charge in [0.25, 0.3) is 0 Å². The van der Waals surface area contributed by atoms with E-state index >= 15 is 0 Å². The van der Waals surface area contributed by atoms with Gasteiger partial charge in [-0.1, -0.05) is 13.8 Å². The summed E-state index contributed by atoms with van der Waals surface area (Å²) in [7, 11) is -7.12. The minimum absolute atomic E-state index is 0.0347. The number of aromatic amines is 1. The summed E-state index contributed by atoms with van der Waals surface area (Å²) in [5, 5.41) is 3.17. The number of benzene rings is 1. The molecule has 0 aliphatic heterocycles. The Bertz CT molecular complexity index is 918. The van der Waals surface area contributed by atoms with E-state index in [9.17, 15) is 16.8 Å². The van der Waals surface area contributed by atoms with Crippen molar-refractivity contribution in [2.45, 2.75) is 29.7 Å². The summed E-state index contributed by atoms with van der Waals surface area (Å²) >= 11 is 0. The van der Waals surface area contributed by atoms with Crippen molar-refractivity contribution in [3.05, 3.63) is 36.4 Å². The highest BCUT2D eigenvalue weighted by Crippen LogP contribution is 2.30. The predicted molar refractivity (Wildman–Crippen MR) is 92.5 cm³/mol. The van der Waals surface area contributed by atoms with Crippen LogP contribution >= 0.6 is 0 Å². The fourth-order valence-corrected chi connectivity index (χ4v) is 3.91. The second-order valence-corrected chi connectivity index (χ2v) is 10.0. The van der Waals surface area contributed by atoms with Gasteiger partial charge in [0, 0.05) is 24.9 Å². The molecule has 0 radical (unpaired) electrons. The number of aromatic nitrogens is 2. The maximum absolute atomic E-state index is 12.1. The predicted octanol–water partition coefficient (Wildman–Crippen LogP) is 2.03. The summed E-state index contributed by atoms with van der Waals surface area (Å²) in [6, 6.07) is 3.81. The van der Waals surface area contributed by atoms with E-state index in [0.717, 1.165) is 12.5 Å². The number of nitrogens with one attached hydrogen (secondary N) is 2. The van der Waals surface area contributed by atoms with Gasteiger partial charge in [-0.15, -0.1) is 0 Å². The first-order valence-corrected chi connectivity index (χ1v) is 11.1. The third kappa shape index (κ3) is 4.15. The van der Waals surface area contributed by atoms with Crippen molar-refractivity contribution in [1.82, 2.24) is 9.97 Å². The van der Waals surface area contributed by atoms with Gasteiger partial charge in [0.05, 0.1) is 21.5 Å². The van der Waals surface area contributed by atoms with E-state index in [4.69, 9.17) is 0 Å². The Labute approximate surface area is 142 Å². The molecule has 2 rings (SSSR count). The molecule has 0 aliphatic carbocycles. The largest absolute Gasteiger partial charge is 0.374 e. The van der Waals surface area contributed by atoms with Crippen LogP contribution < -0.4 is 5.32 Å². The first-order chi connectivity index (χ1) is 11.0. The second-order valence-electron chi connectivity index (χ2n) is 6.04. The summed E-state index contributed by atoms with van der Waals surface area (Å²) < 4.78 is 47.6. The summed E-state index contributed by atoms with van der Waals surface area (Å²) in [5.74, 6) is 0.801. The van der Waals surface area contributed by atoms with E-state index in [2.05, 4.69) is 15.3 Å². The molecule has 1 atom stereocenters. The van der Waals surface area contributed by atoms with E-state index in [-0.39, 0.29) is 21.8 Å². The van der Waals surface area contributed by atoms with E-state index in [0.29, 0.717) is 11.5 Å². The molecule has 0 fully saturated rings. The third-order valence-corrected chi connectivity index (χ3v) is 5.82. The summed E-state index contributed by atoms with van der Waals surface area (Å²) in [4.78, 5) is 7.15. The molecule has 0 spiro atoms. The number of H-pyrrole nitrogens is 1. The standard InChI is InChI=1S/C15H21N3O4S2/c1-10(2)14(15-16-7-8-17-15)18-12-6-5-11(23(3,19)20)9-13(12)24(4,21)22/h5-10,14,18H,1-4H3,(H,16,17)/t14-/m0/s1. The van der Waals surface area contributed by atoms with Gasteiger partial charge in [0.15, 0.2) is 19.7 Å². The molecule has 0 aliphatic rings. The highest BCUT2D eigenvalue weighted by molar-refractivity contribution is 7.91. The lowest BCUT2D eigenvalue weighted by atomic mass is 10.0. The molecule has 7 nitrogen and oxygen atoms in total. The number of nitrogens with zero attached hydrogens (tertiary/aromatic N) is 1. The molecule has 0 saturated carbocycles. The molecule has 24 heavy (non-hydrogen) atoms. The fourth-order valence-electron chi connectivity index (χ4n) is 2.33. The lowest BCUT2D eigenvalue weighted by Gasteiger charge is -2.23. The number of imidazole rings is 1. The lowest BCUT2D eigenvalue weighted by Crippen LogP contribution is -2.20. The molecule has 2 N–H and O–H groups in total. The van der Waals surface area contributed by atoms with Crippen LogP contribution in [0.1, 0.15) is 25.7 Å². The normalized spacial score (nSPS) is 13.9. The van der Waals surface area contributed by atoms with Gasteiger partial charge in [0.2, 0.25) is 0 Å². The fraction of sp³-hybridized carbons (Fsp3) is 0.400. The zero-order chi connectivity index (χ0) is 18.1. The molecule has 1 aromatic carbocycles. The van der Waals surface area contributed by atoms with Gasteiger partial charge in [-0.2, -0.15) is 0 Å². The molecule has 1 aromatic heterocycles. The van der Waals surface area contributed by atoms with Crippen molar-refractivity contribution in [1.29, 1.82) is 0 Å². The minimum Gasteiger partial charge on any atom is -0.374 e. The Morgan fingerprint density at radius 2 is 1.75 bits per heavy atom. The lowest BCUT2D eigenvalue weighted by molar-refractivity contribution is 0.524. The van der Waals surface area contributed by atoms with Gasteiger partial charge in [-0.3, -0.25) is 0 Å². The minimum atomic E-state index is -3.61. The molecular formula is C15H21N3O4S2. The molecule has 0 bridgehead atoms. The van der Waals surface area contributed by atoms with Crippen molar-refractivity contribution in [2.75, 3.05) is 17.8 Å². The van der Waals surface area contributed by atoms with Gasteiger partial charge in [0.1, 0.15) is 5.82 Å². The molecule has 9 heteroatoms. The van der Waals surface area contributed by atoms with Gasteiger partial charge in [-0.25, -0.2) is 21.8 Å². The molecule has 132 valence electrons. The Kier molecular flexibility index (Phi) is 5.05. The molecule has 0 saturated heterocycles. The first kappa shape index (κ1) is 18.5. The zero-order valence-electron chi connectivity index (χ0n) is 13.9. The van der Waals surface area contributed by atoms with Crippen molar-refractivity contribution < 1.29 is 16.8 Å². The van der Waals surface area contributed by atoms with Crippen LogP contribution in [0.5, 0.6) is 0 Å².